The van der Waals surface area contributed by atoms with Gasteiger partial charge in [-0.25, -0.2) is 0 Å². The zero-order valence-corrected chi connectivity index (χ0v) is 33.4. The van der Waals surface area contributed by atoms with E-state index in [1.807, 2.05) is 60.5 Å². The molecule has 0 aliphatic carbocycles. The van der Waals surface area contributed by atoms with Crippen LogP contribution in [0.4, 0.5) is 0 Å². The fourth-order valence-corrected chi connectivity index (χ4v) is 9.47. The summed E-state index contributed by atoms with van der Waals surface area (Å²) in [5.41, 5.74) is -3.62. The third kappa shape index (κ3) is 8.64. The van der Waals surface area contributed by atoms with Gasteiger partial charge in [0.25, 0.3) is 0 Å². The molecule has 4 heterocycles. The summed E-state index contributed by atoms with van der Waals surface area (Å²) in [4.78, 5) is 16.3. The fraction of sp³-hybridized carbons (Fsp3) is 0.974. The normalized spacial score (nSPS) is 51.8. The van der Waals surface area contributed by atoms with Gasteiger partial charge in [0.15, 0.2) is 12.6 Å². The first-order valence-electron chi connectivity index (χ1n) is 19.2. The monoisotopic (exact) mass is 730 g/mol. The van der Waals surface area contributed by atoms with Gasteiger partial charge >= 0.3 is 0 Å². The van der Waals surface area contributed by atoms with Crippen LogP contribution in [0.3, 0.4) is 0 Å². The van der Waals surface area contributed by atoms with Crippen molar-refractivity contribution in [1.82, 2.24) is 10.2 Å². The first-order chi connectivity index (χ1) is 23.6. The lowest BCUT2D eigenvalue weighted by molar-refractivity contribution is -0.318. The molecule has 13 nitrogen and oxygen atoms in total. The van der Waals surface area contributed by atoms with E-state index in [1.165, 1.54) is 0 Å². The zero-order chi connectivity index (χ0) is 38.4. The zero-order valence-electron chi connectivity index (χ0n) is 33.4. The van der Waals surface area contributed by atoms with Crippen LogP contribution in [0.1, 0.15) is 101 Å². The van der Waals surface area contributed by atoms with Gasteiger partial charge in [-0.05, 0) is 73.9 Å². The number of nitrogens with one attached hydrogen (secondary N) is 1. The van der Waals surface area contributed by atoms with Gasteiger partial charge in [-0.1, -0.05) is 41.0 Å². The average Bonchev–Trinajstić information content (AvgIpc) is 3.38. The van der Waals surface area contributed by atoms with E-state index in [0.717, 1.165) is 0 Å². The Hall–Kier alpha value is -0.970. The summed E-state index contributed by atoms with van der Waals surface area (Å²) >= 11 is 0. The molecule has 1 amide bonds. The molecule has 0 radical (unpaired) electrons. The van der Waals surface area contributed by atoms with Crippen molar-refractivity contribution in [3.63, 3.8) is 0 Å². The lowest BCUT2D eigenvalue weighted by atomic mass is 9.75. The highest BCUT2D eigenvalue weighted by molar-refractivity contribution is 5.79. The van der Waals surface area contributed by atoms with Crippen LogP contribution in [-0.4, -0.2) is 143 Å². The Labute approximate surface area is 306 Å². The van der Waals surface area contributed by atoms with E-state index in [2.05, 4.69) is 12.2 Å². The molecular weight excluding hydrogens is 660 g/mol. The fourth-order valence-electron chi connectivity index (χ4n) is 9.47. The van der Waals surface area contributed by atoms with Gasteiger partial charge in [0.05, 0.1) is 59.8 Å². The number of nitrogens with zero attached hydrogens (tertiary/aromatic N) is 1. The summed E-state index contributed by atoms with van der Waals surface area (Å²) in [6.45, 7) is 18.8. The molecule has 298 valence electrons. The van der Waals surface area contributed by atoms with Gasteiger partial charge in [-0.2, -0.15) is 0 Å². The molecule has 4 aliphatic heterocycles. The largest absolute Gasteiger partial charge is 0.390 e. The molecule has 0 aromatic heterocycles. The molecule has 0 saturated carbocycles. The minimum Gasteiger partial charge on any atom is -0.390 e. The first-order valence-corrected chi connectivity index (χ1v) is 19.2. The Kier molecular flexibility index (Phi) is 13.8. The van der Waals surface area contributed by atoms with E-state index < -0.39 is 95.9 Å². The second-order valence-electron chi connectivity index (χ2n) is 17.3. The van der Waals surface area contributed by atoms with Crippen molar-refractivity contribution in [1.29, 1.82) is 0 Å². The van der Waals surface area contributed by atoms with Gasteiger partial charge in [-0.15, -0.1) is 0 Å². The summed E-state index contributed by atoms with van der Waals surface area (Å²) in [6.07, 6.45) is -5.33. The van der Waals surface area contributed by atoms with Gasteiger partial charge < -0.3 is 59.1 Å². The lowest BCUT2D eigenvalue weighted by Crippen LogP contribution is -2.62. The molecule has 4 saturated heterocycles. The van der Waals surface area contributed by atoms with Crippen molar-refractivity contribution in [3.05, 3.63) is 0 Å². The van der Waals surface area contributed by atoms with Crippen molar-refractivity contribution in [2.24, 2.45) is 23.7 Å². The number of likely N-dealkylation sites (N-methyl/N-ethyl adjacent to an activating group) is 1. The third-order valence-electron chi connectivity index (χ3n) is 12.8. The second kappa shape index (κ2) is 16.4. The molecule has 19 atom stereocenters. The highest BCUT2D eigenvalue weighted by Gasteiger charge is 2.57. The van der Waals surface area contributed by atoms with E-state index in [0.29, 0.717) is 25.7 Å². The molecule has 4 fully saturated rings. The maximum atomic E-state index is 14.3. The Balaban J connectivity index is 1.84. The van der Waals surface area contributed by atoms with E-state index in [1.54, 1.807) is 27.9 Å². The number of hydrogen-bond donors (Lipinski definition) is 5. The number of amides is 1. The van der Waals surface area contributed by atoms with Crippen molar-refractivity contribution in [2.45, 2.75) is 192 Å². The Morgan fingerprint density at radius 3 is 2.18 bits per heavy atom. The summed E-state index contributed by atoms with van der Waals surface area (Å²) in [7, 11) is 5.39. The lowest BCUT2D eigenvalue weighted by Gasteiger charge is -2.48. The Bertz CT molecular complexity index is 1160. The van der Waals surface area contributed by atoms with Crippen LogP contribution in [0.25, 0.3) is 0 Å². The minimum absolute atomic E-state index is 0.0373. The number of methoxy groups -OCH3 is 1. The Morgan fingerprint density at radius 1 is 0.941 bits per heavy atom. The molecule has 5 N–H and O–H groups in total. The standard InChI is InChI=1S/C38H70N2O11/c1-14-15-26-38(10,45)31(42)21(4)29-19(2)17-37(9,51-29)33(50-35-28(41)25(40(11)12)16-20(3)47-35)22(5)30(23(6)34(44)39-26)49-27-18-36(8,46-13)32(43)24(7)48-27/h19-33,35,41-43,45H,14-18H2,1-13H3,(H,39,44)/t19-,20?,21+,22+,23-,24?,25?,26-,27?,28?,29-,30+,31-,32?,33-,35?,36?,37+,38-/m1/s1. The highest BCUT2D eigenvalue weighted by Crippen LogP contribution is 2.47. The molecule has 8 unspecified atom stereocenters. The number of hydrogen-bond acceptors (Lipinski definition) is 12. The van der Waals surface area contributed by atoms with Crippen LogP contribution in [0.5, 0.6) is 0 Å². The molecular formula is C38H70N2O11. The SMILES string of the molecule is CCC[C@H]1NC(=O)[C@H](C)[C@@H](OC2CC(C)(OC)C(O)C(C)O2)[C@H](C)[C@@H](OC2OC(C)CC(N(C)C)C2O)[C@]2(C)C[C@@H](C)[C@@H](O2)[C@H](C)[C@@H](O)[C@]1(C)O. The Morgan fingerprint density at radius 2 is 1.59 bits per heavy atom. The van der Waals surface area contributed by atoms with Crippen LogP contribution in [0.15, 0.2) is 0 Å². The maximum Gasteiger partial charge on any atom is 0.225 e. The maximum absolute atomic E-state index is 14.3. The van der Waals surface area contributed by atoms with Crippen molar-refractivity contribution < 1.29 is 53.6 Å². The van der Waals surface area contributed by atoms with Crippen molar-refractivity contribution in [2.75, 3.05) is 21.2 Å². The number of aliphatic hydroxyl groups excluding tert-OH is 3. The first kappa shape index (κ1) is 42.8. The molecule has 13 heteroatoms. The number of aliphatic hydroxyl groups is 4. The predicted octanol–water partition coefficient (Wildman–Crippen LogP) is 2.59. The quantitative estimate of drug-likeness (QED) is 0.248. The summed E-state index contributed by atoms with van der Waals surface area (Å²) in [6, 6.07) is -0.970. The minimum atomic E-state index is -1.67. The molecule has 4 rings (SSSR count). The number of carbonyl (C=O) groups excluding carboxylic acids is 1. The van der Waals surface area contributed by atoms with Crippen molar-refractivity contribution >= 4 is 5.91 Å². The number of rotatable bonds is 8. The molecule has 0 spiro atoms. The van der Waals surface area contributed by atoms with Crippen LogP contribution in [-0.2, 0) is 33.2 Å². The molecule has 0 aromatic rings. The van der Waals surface area contributed by atoms with E-state index >= 15 is 0 Å². The summed E-state index contributed by atoms with van der Waals surface area (Å²) in [5.74, 6) is -2.25. The topological polar surface area (TPSA) is 169 Å². The molecule has 51 heavy (non-hydrogen) atoms. The van der Waals surface area contributed by atoms with E-state index in [-0.39, 0.29) is 30.4 Å². The van der Waals surface area contributed by atoms with E-state index in [9.17, 15) is 25.2 Å². The van der Waals surface area contributed by atoms with Crippen LogP contribution < -0.4 is 5.32 Å². The predicted molar refractivity (Wildman–Crippen MR) is 191 cm³/mol. The summed E-state index contributed by atoms with van der Waals surface area (Å²) in [5, 5.41) is 49.4. The molecule has 2 bridgehead atoms. The number of carbonyl (C=O) groups is 1. The average molecular weight is 731 g/mol. The van der Waals surface area contributed by atoms with Crippen LogP contribution in [0, 0.1) is 23.7 Å². The molecule has 4 aliphatic rings. The van der Waals surface area contributed by atoms with Gasteiger partial charge in [0.1, 0.15) is 17.8 Å². The molecule has 0 aromatic carbocycles. The second-order valence-corrected chi connectivity index (χ2v) is 17.3. The highest BCUT2D eigenvalue weighted by atomic mass is 16.7. The number of fused-ring (bicyclic) bond motifs is 2. The summed E-state index contributed by atoms with van der Waals surface area (Å²) < 4.78 is 39.0. The third-order valence-corrected chi connectivity index (χ3v) is 12.8. The van der Waals surface area contributed by atoms with Gasteiger partial charge in [0.2, 0.25) is 5.91 Å². The number of ether oxygens (including phenoxy) is 6. The van der Waals surface area contributed by atoms with Crippen molar-refractivity contribution in [3.8, 4) is 0 Å². The van der Waals surface area contributed by atoms with Gasteiger partial charge in [-0.3, -0.25) is 4.79 Å². The van der Waals surface area contributed by atoms with Crippen LogP contribution in [0.2, 0.25) is 0 Å². The smallest absolute Gasteiger partial charge is 0.225 e. The van der Waals surface area contributed by atoms with E-state index in [4.69, 9.17) is 28.4 Å². The van der Waals surface area contributed by atoms with Crippen LogP contribution >= 0.6 is 0 Å². The van der Waals surface area contributed by atoms with Gasteiger partial charge in [0, 0.05) is 31.4 Å².